The van der Waals surface area contributed by atoms with E-state index in [0.717, 1.165) is 0 Å². The highest BCUT2D eigenvalue weighted by atomic mass is 32.2. The van der Waals surface area contributed by atoms with Crippen LogP contribution in [-0.4, -0.2) is 54.1 Å². The van der Waals surface area contributed by atoms with E-state index in [4.69, 9.17) is 5.11 Å². The Hall–Kier alpha value is -1.70. The van der Waals surface area contributed by atoms with E-state index in [1.54, 1.807) is 4.90 Å². The van der Waals surface area contributed by atoms with Gasteiger partial charge in [-0.2, -0.15) is 0 Å². The average Bonchev–Trinajstić information content (AvgIpc) is 2.29. The van der Waals surface area contributed by atoms with Crippen molar-refractivity contribution in [3.8, 4) is 0 Å². The van der Waals surface area contributed by atoms with Crippen molar-refractivity contribution >= 4 is 21.8 Å². The Morgan fingerprint density at radius 2 is 1.76 bits per heavy atom. The minimum absolute atomic E-state index is 0.0124. The van der Waals surface area contributed by atoms with Gasteiger partial charge in [0.1, 0.15) is 0 Å². The molecule has 0 unspecified atom stereocenters. The summed E-state index contributed by atoms with van der Waals surface area (Å²) in [5.74, 6) is -0.559. The molecular weight excluding hydrogens is 246 g/mol. The van der Waals surface area contributed by atoms with Gasteiger partial charge in [0.25, 0.3) is 0 Å². The van der Waals surface area contributed by atoms with Crippen LogP contribution in [-0.2, 0) is 9.84 Å². The van der Waals surface area contributed by atoms with Gasteiger partial charge in [-0.3, -0.25) is 0 Å². The third-order valence-electron chi connectivity index (χ3n) is 2.51. The van der Waals surface area contributed by atoms with Gasteiger partial charge in [0, 0.05) is 25.5 Å². The molecule has 1 fully saturated rings. The van der Waals surface area contributed by atoms with Crippen LogP contribution in [0.5, 0.6) is 0 Å². The maximum atomic E-state index is 11.2. The van der Waals surface area contributed by atoms with Crippen molar-refractivity contribution in [1.82, 2.24) is 9.97 Å². The molecular formula is C9H11N3O4S. The first-order valence-electron chi connectivity index (χ1n) is 4.99. The van der Waals surface area contributed by atoms with E-state index in [0.29, 0.717) is 19.0 Å². The molecule has 1 N–H and O–H groups in total. The van der Waals surface area contributed by atoms with Gasteiger partial charge >= 0.3 is 5.97 Å². The molecule has 1 saturated heterocycles. The van der Waals surface area contributed by atoms with Crippen LogP contribution in [0.1, 0.15) is 10.4 Å². The van der Waals surface area contributed by atoms with E-state index < -0.39 is 15.8 Å². The topological polar surface area (TPSA) is 100 Å². The summed E-state index contributed by atoms with van der Waals surface area (Å²) in [6.07, 6.45) is 2.43. The number of hydrogen-bond acceptors (Lipinski definition) is 6. The van der Waals surface area contributed by atoms with E-state index in [1.807, 2.05) is 0 Å². The number of sulfone groups is 1. The number of aromatic carboxylic acids is 1. The lowest BCUT2D eigenvalue weighted by atomic mass is 10.3. The molecule has 0 bridgehead atoms. The number of anilines is 1. The van der Waals surface area contributed by atoms with Crippen LogP contribution in [0.3, 0.4) is 0 Å². The van der Waals surface area contributed by atoms with Gasteiger partial charge in [-0.05, 0) is 0 Å². The number of aromatic nitrogens is 2. The standard InChI is InChI=1S/C9H11N3O4S/c13-8(14)7-5-10-9(11-6-7)12-1-3-17(15,16)4-2-12/h5-6H,1-4H2,(H,13,14). The van der Waals surface area contributed by atoms with Gasteiger partial charge in [0.05, 0.1) is 17.1 Å². The molecule has 1 aliphatic heterocycles. The monoisotopic (exact) mass is 257 g/mol. The molecule has 2 rings (SSSR count). The Morgan fingerprint density at radius 1 is 1.24 bits per heavy atom. The molecule has 17 heavy (non-hydrogen) atoms. The van der Waals surface area contributed by atoms with Crippen LogP contribution >= 0.6 is 0 Å². The lowest BCUT2D eigenvalue weighted by Crippen LogP contribution is -2.41. The lowest BCUT2D eigenvalue weighted by molar-refractivity contribution is 0.0696. The first-order chi connectivity index (χ1) is 7.98. The van der Waals surface area contributed by atoms with Crippen LogP contribution < -0.4 is 4.90 Å². The Bertz CT molecular complexity index is 512. The molecule has 8 heteroatoms. The second kappa shape index (κ2) is 4.28. The third kappa shape index (κ3) is 2.70. The molecule has 7 nitrogen and oxygen atoms in total. The molecule has 92 valence electrons. The van der Waals surface area contributed by atoms with Crippen molar-refractivity contribution in [3.63, 3.8) is 0 Å². The van der Waals surface area contributed by atoms with Crippen LogP contribution in [0, 0.1) is 0 Å². The molecule has 0 saturated carbocycles. The normalized spacial score (nSPS) is 18.9. The van der Waals surface area contributed by atoms with Crippen LogP contribution in [0.15, 0.2) is 12.4 Å². The highest BCUT2D eigenvalue weighted by molar-refractivity contribution is 7.91. The van der Waals surface area contributed by atoms with Crippen LogP contribution in [0.2, 0.25) is 0 Å². The average molecular weight is 257 g/mol. The van der Waals surface area contributed by atoms with Crippen molar-refractivity contribution in [1.29, 1.82) is 0 Å². The van der Waals surface area contributed by atoms with E-state index in [9.17, 15) is 13.2 Å². The Balaban J connectivity index is 2.11. The summed E-state index contributed by atoms with van der Waals surface area (Å²) in [5.41, 5.74) is 0.0124. The number of carbonyl (C=O) groups is 1. The maximum Gasteiger partial charge on any atom is 0.338 e. The van der Waals surface area contributed by atoms with E-state index in [2.05, 4.69) is 9.97 Å². The summed E-state index contributed by atoms with van der Waals surface area (Å²) in [4.78, 5) is 20.2. The molecule has 1 aromatic heterocycles. The number of rotatable bonds is 2. The highest BCUT2D eigenvalue weighted by Crippen LogP contribution is 2.11. The van der Waals surface area contributed by atoms with Crippen molar-refractivity contribution in [2.45, 2.75) is 0 Å². The summed E-state index contributed by atoms with van der Waals surface area (Å²) in [7, 11) is -2.94. The lowest BCUT2D eigenvalue weighted by Gasteiger charge is -2.26. The highest BCUT2D eigenvalue weighted by Gasteiger charge is 2.23. The zero-order valence-corrected chi connectivity index (χ0v) is 9.72. The number of carboxylic acids is 1. The van der Waals surface area contributed by atoms with Gasteiger partial charge in [0.15, 0.2) is 9.84 Å². The minimum Gasteiger partial charge on any atom is -0.478 e. The summed E-state index contributed by atoms with van der Waals surface area (Å²) < 4.78 is 22.5. The maximum absolute atomic E-state index is 11.2. The summed E-state index contributed by atoms with van der Waals surface area (Å²) >= 11 is 0. The van der Waals surface area contributed by atoms with Crippen molar-refractivity contribution in [3.05, 3.63) is 18.0 Å². The number of carboxylic acid groups (broad SMARTS) is 1. The first kappa shape index (κ1) is 11.8. The molecule has 0 aromatic carbocycles. The first-order valence-corrected chi connectivity index (χ1v) is 6.81. The van der Waals surface area contributed by atoms with E-state index in [-0.39, 0.29) is 17.1 Å². The second-order valence-corrected chi connectivity index (χ2v) is 6.02. The van der Waals surface area contributed by atoms with E-state index >= 15 is 0 Å². The Labute approximate surface area is 98.0 Å². The Kier molecular flexibility index (Phi) is 2.97. The van der Waals surface area contributed by atoms with Crippen molar-refractivity contribution in [2.24, 2.45) is 0 Å². The quantitative estimate of drug-likeness (QED) is 0.755. The predicted molar refractivity (Wildman–Crippen MR) is 59.9 cm³/mol. The van der Waals surface area contributed by atoms with Gasteiger partial charge in [-0.1, -0.05) is 0 Å². The fourth-order valence-electron chi connectivity index (χ4n) is 1.51. The summed E-state index contributed by atoms with van der Waals surface area (Å²) in [6.45, 7) is 0.684. The van der Waals surface area contributed by atoms with Gasteiger partial charge < -0.3 is 10.0 Å². The molecule has 0 aliphatic carbocycles. The van der Waals surface area contributed by atoms with E-state index in [1.165, 1.54) is 12.4 Å². The third-order valence-corrected chi connectivity index (χ3v) is 4.12. The molecule has 1 aromatic rings. The summed E-state index contributed by atoms with van der Waals surface area (Å²) in [6, 6.07) is 0. The fraction of sp³-hybridized carbons (Fsp3) is 0.444. The molecule has 2 heterocycles. The van der Waals surface area contributed by atoms with Gasteiger partial charge in [-0.25, -0.2) is 23.2 Å². The van der Waals surface area contributed by atoms with Crippen molar-refractivity contribution < 1.29 is 18.3 Å². The predicted octanol–water partition coefficient (Wildman–Crippen LogP) is -0.590. The number of nitrogens with zero attached hydrogens (tertiary/aromatic N) is 3. The zero-order valence-electron chi connectivity index (χ0n) is 8.90. The largest absolute Gasteiger partial charge is 0.478 e. The second-order valence-electron chi connectivity index (χ2n) is 3.72. The minimum atomic E-state index is -2.94. The zero-order chi connectivity index (χ0) is 12.5. The molecule has 0 amide bonds. The fourth-order valence-corrected chi connectivity index (χ4v) is 2.71. The van der Waals surface area contributed by atoms with Gasteiger partial charge in [-0.15, -0.1) is 0 Å². The van der Waals surface area contributed by atoms with Crippen LogP contribution in [0.4, 0.5) is 5.95 Å². The smallest absolute Gasteiger partial charge is 0.338 e. The Morgan fingerprint density at radius 3 is 2.24 bits per heavy atom. The number of hydrogen-bond donors (Lipinski definition) is 1. The molecule has 0 atom stereocenters. The molecule has 0 radical (unpaired) electrons. The SMILES string of the molecule is O=C(O)c1cnc(N2CCS(=O)(=O)CC2)nc1. The summed E-state index contributed by atoms with van der Waals surface area (Å²) in [5, 5.41) is 8.68. The van der Waals surface area contributed by atoms with Crippen LogP contribution in [0.25, 0.3) is 0 Å². The van der Waals surface area contributed by atoms with Crippen molar-refractivity contribution in [2.75, 3.05) is 29.5 Å². The van der Waals surface area contributed by atoms with Gasteiger partial charge in [0.2, 0.25) is 5.95 Å². The molecule has 0 spiro atoms. The molecule has 1 aliphatic rings.